The van der Waals surface area contributed by atoms with Crippen LogP contribution in [0.15, 0.2) is 109 Å². The molecule has 0 aromatic rings. The highest BCUT2D eigenvalue weighted by Crippen LogP contribution is 2.33. The third-order valence-corrected chi connectivity index (χ3v) is 21.1. The predicted molar refractivity (Wildman–Crippen MR) is 438 cm³/mol. The standard InChI is InChI=1S/C90H157NO18/c1-3-5-7-9-11-13-15-17-19-21-23-25-27-28-29-30-31-32-33-34-35-36-37-38-39-40-41-42-43-44-46-48-50-52-54-56-58-60-62-64-66-68-78(96)91-73(74(95)67-65-63-61-59-57-55-53-51-49-47-45-26-24-22-20-18-16-14-12-10-8-6-4-2)72-104-88-84(102)81(99)86(76(70-93)106-88)109-90-85(103)82(100)87(77(71-94)107-90)108-89-83(101)80(98)79(97)75(69-92)105-89/h5,7,11,13,17,19,23,25,28-29,31-32,34-35,37-38,40-41,73-77,79-90,92-95,97-103H,3-4,6,8-10,12,14-16,18,20-22,24,26-27,30,33,36,39,42-72H2,1-2H3,(H,91,96)/b7-5-,13-11-,19-17-,25-23-,29-28-,32-31-,35-34-,38-37-,41-40-. The van der Waals surface area contributed by atoms with E-state index < -0.39 is 124 Å². The van der Waals surface area contributed by atoms with Crippen molar-refractivity contribution in [2.75, 3.05) is 26.4 Å². The summed E-state index contributed by atoms with van der Waals surface area (Å²) in [5, 5.41) is 121. The Hall–Kier alpha value is -3.55. The van der Waals surface area contributed by atoms with Crippen molar-refractivity contribution in [1.29, 1.82) is 0 Å². The molecule has 3 rings (SSSR count). The van der Waals surface area contributed by atoms with Gasteiger partial charge in [-0.2, -0.15) is 0 Å². The van der Waals surface area contributed by atoms with Gasteiger partial charge < -0.3 is 89.9 Å². The Morgan fingerprint density at radius 2 is 0.633 bits per heavy atom. The average Bonchev–Trinajstić information content (AvgIpc) is 0.760. The van der Waals surface area contributed by atoms with Gasteiger partial charge in [0.25, 0.3) is 0 Å². The Bertz CT molecular complexity index is 2390. The van der Waals surface area contributed by atoms with Crippen LogP contribution < -0.4 is 5.32 Å². The SMILES string of the molecule is CC/C=C\C/C=C\C/C=C\C/C=C\C/C=C\C/C=C\C/C=C\C/C=C\C/C=C\CCCCCCCCCCCCCCCC(=O)NC(COC1OC(CO)C(OC2OC(CO)C(OC3OC(CO)C(O)C(O)C3O)C(O)C2O)C(O)C1O)C(O)CCCCCCCCCCCCCCCCCCCCCCCCC. The fourth-order valence-corrected chi connectivity index (χ4v) is 14.2. The number of hydrogen-bond donors (Lipinski definition) is 12. The van der Waals surface area contributed by atoms with Gasteiger partial charge in [-0.1, -0.05) is 342 Å². The summed E-state index contributed by atoms with van der Waals surface area (Å²) in [6, 6.07) is -0.895. The number of carbonyl (C=O) groups is 1. The van der Waals surface area contributed by atoms with Gasteiger partial charge in [0.05, 0.1) is 38.6 Å². The van der Waals surface area contributed by atoms with Crippen LogP contribution in [0.4, 0.5) is 0 Å². The third-order valence-electron chi connectivity index (χ3n) is 21.1. The molecule has 12 N–H and O–H groups in total. The summed E-state index contributed by atoms with van der Waals surface area (Å²) >= 11 is 0. The van der Waals surface area contributed by atoms with E-state index in [1.807, 2.05) is 0 Å². The molecule has 19 heteroatoms. The lowest BCUT2D eigenvalue weighted by Gasteiger charge is -2.48. The van der Waals surface area contributed by atoms with Gasteiger partial charge in [-0.3, -0.25) is 4.79 Å². The molecule has 19 nitrogen and oxygen atoms in total. The van der Waals surface area contributed by atoms with Crippen LogP contribution in [0, 0.1) is 0 Å². The number of unbranched alkanes of at least 4 members (excludes halogenated alkanes) is 35. The van der Waals surface area contributed by atoms with Crippen LogP contribution in [0.3, 0.4) is 0 Å². The molecule has 0 saturated carbocycles. The van der Waals surface area contributed by atoms with Crippen LogP contribution in [-0.4, -0.2) is 193 Å². The maximum atomic E-state index is 13.5. The first-order chi connectivity index (χ1) is 53.3. The van der Waals surface area contributed by atoms with E-state index in [4.69, 9.17) is 28.4 Å². The highest BCUT2D eigenvalue weighted by Gasteiger charge is 2.54. The zero-order valence-corrected chi connectivity index (χ0v) is 67.8. The van der Waals surface area contributed by atoms with E-state index in [0.717, 1.165) is 109 Å². The largest absolute Gasteiger partial charge is 0.394 e. The summed E-state index contributed by atoms with van der Waals surface area (Å²) < 4.78 is 34.6. The van der Waals surface area contributed by atoms with E-state index in [2.05, 4.69) is 129 Å². The summed E-state index contributed by atoms with van der Waals surface area (Å²) in [4.78, 5) is 13.5. The number of ether oxygens (including phenoxy) is 6. The molecule has 0 radical (unpaired) electrons. The van der Waals surface area contributed by atoms with E-state index in [-0.39, 0.29) is 18.9 Å². The summed E-state index contributed by atoms with van der Waals surface area (Å²) in [6.07, 6.45) is 68.9. The van der Waals surface area contributed by atoms with Crippen molar-refractivity contribution in [2.45, 2.75) is 426 Å². The van der Waals surface area contributed by atoms with Crippen LogP contribution in [0.25, 0.3) is 0 Å². The first-order valence-electron chi connectivity index (χ1n) is 43.6. The first-order valence-corrected chi connectivity index (χ1v) is 43.6. The minimum Gasteiger partial charge on any atom is -0.394 e. The molecule has 17 unspecified atom stereocenters. The lowest BCUT2D eigenvalue weighted by Crippen LogP contribution is -2.66. The van der Waals surface area contributed by atoms with Crippen LogP contribution in [-0.2, 0) is 33.2 Å². The molecule has 17 atom stereocenters. The molecule has 0 aromatic carbocycles. The van der Waals surface area contributed by atoms with Crippen molar-refractivity contribution < 1.29 is 89.4 Å². The molecule has 3 aliphatic heterocycles. The molecule has 0 bridgehead atoms. The molecule has 109 heavy (non-hydrogen) atoms. The van der Waals surface area contributed by atoms with E-state index in [9.17, 15) is 61.0 Å². The Kier molecular flexibility index (Phi) is 62.9. The minimum atomic E-state index is -1.98. The smallest absolute Gasteiger partial charge is 0.220 e. The molecule has 3 heterocycles. The minimum absolute atomic E-state index is 0.244. The lowest BCUT2D eigenvalue weighted by molar-refractivity contribution is -0.379. The molecule has 3 fully saturated rings. The van der Waals surface area contributed by atoms with Gasteiger partial charge in [0.1, 0.15) is 73.2 Å². The number of carbonyl (C=O) groups excluding carboxylic acids is 1. The van der Waals surface area contributed by atoms with Gasteiger partial charge in [-0.25, -0.2) is 0 Å². The van der Waals surface area contributed by atoms with Crippen LogP contribution in [0.5, 0.6) is 0 Å². The number of hydrogen-bond acceptors (Lipinski definition) is 18. The molecule has 0 aromatic heterocycles. The second-order valence-electron chi connectivity index (χ2n) is 30.6. The third kappa shape index (κ3) is 47.8. The fraction of sp³-hybridized carbons (Fsp3) is 0.789. The highest BCUT2D eigenvalue weighted by molar-refractivity contribution is 5.76. The Morgan fingerprint density at radius 3 is 0.991 bits per heavy atom. The van der Waals surface area contributed by atoms with Crippen LogP contribution >= 0.6 is 0 Å². The summed E-state index contributed by atoms with van der Waals surface area (Å²) in [5.74, 6) is -0.244. The van der Waals surface area contributed by atoms with Crippen molar-refractivity contribution in [3.63, 3.8) is 0 Å². The van der Waals surface area contributed by atoms with E-state index in [0.29, 0.717) is 12.8 Å². The molecular weight excluding hydrogens is 1380 g/mol. The van der Waals surface area contributed by atoms with Crippen molar-refractivity contribution in [3.8, 4) is 0 Å². The van der Waals surface area contributed by atoms with Crippen molar-refractivity contribution in [1.82, 2.24) is 5.32 Å². The molecule has 3 aliphatic rings. The summed E-state index contributed by atoms with van der Waals surface area (Å²) in [6.45, 7) is 1.72. The predicted octanol–water partition coefficient (Wildman–Crippen LogP) is 16.1. The van der Waals surface area contributed by atoms with E-state index >= 15 is 0 Å². The van der Waals surface area contributed by atoms with Gasteiger partial charge in [-0.05, 0) is 83.5 Å². The van der Waals surface area contributed by atoms with Crippen LogP contribution in [0.2, 0.25) is 0 Å². The second kappa shape index (κ2) is 68.8. The Balaban J connectivity index is 1.32. The van der Waals surface area contributed by atoms with Crippen molar-refractivity contribution in [3.05, 3.63) is 109 Å². The Labute approximate surface area is 659 Å². The summed E-state index contributed by atoms with van der Waals surface area (Å²) in [7, 11) is 0. The molecular formula is C90H157NO18. The highest BCUT2D eigenvalue weighted by atomic mass is 16.8. The van der Waals surface area contributed by atoms with Crippen molar-refractivity contribution in [2.24, 2.45) is 0 Å². The average molecular weight is 1540 g/mol. The van der Waals surface area contributed by atoms with Crippen molar-refractivity contribution >= 4 is 5.91 Å². The number of allylic oxidation sites excluding steroid dienone is 18. The van der Waals surface area contributed by atoms with Gasteiger partial charge >= 0.3 is 0 Å². The Morgan fingerprint density at radius 1 is 0.339 bits per heavy atom. The zero-order chi connectivity index (χ0) is 78.8. The maximum absolute atomic E-state index is 13.5. The molecule has 3 saturated heterocycles. The van der Waals surface area contributed by atoms with Gasteiger partial charge in [0.2, 0.25) is 5.91 Å². The van der Waals surface area contributed by atoms with E-state index in [1.165, 1.54) is 180 Å². The quantitative estimate of drug-likeness (QED) is 0.0199. The number of aliphatic hydroxyl groups excluding tert-OH is 11. The first kappa shape index (κ1) is 99.6. The summed E-state index contributed by atoms with van der Waals surface area (Å²) in [5.41, 5.74) is 0. The second-order valence-corrected chi connectivity index (χ2v) is 30.6. The monoisotopic (exact) mass is 1540 g/mol. The molecule has 0 aliphatic carbocycles. The normalized spacial score (nSPS) is 25.8. The maximum Gasteiger partial charge on any atom is 0.220 e. The fourth-order valence-electron chi connectivity index (χ4n) is 14.2. The molecule has 630 valence electrons. The van der Waals surface area contributed by atoms with Crippen LogP contribution in [0.1, 0.15) is 322 Å². The van der Waals surface area contributed by atoms with Gasteiger partial charge in [-0.15, -0.1) is 0 Å². The van der Waals surface area contributed by atoms with Gasteiger partial charge in [0.15, 0.2) is 18.9 Å². The number of aliphatic hydroxyl groups is 11. The zero-order valence-electron chi connectivity index (χ0n) is 67.8. The number of amides is 1. The topological polar surface area (TPSA) is 307 Å². The molecule has 1 amide bonds. The van der Waals surface area contributed by atoms with E-state index in [1.54, 1.807) is 0 Å². The molecule has 0 spiro atoms. The number of rotatable bonds is 69. The lowest BCUT2D eigenvalue weighted by atomic mass is 9.96. The number of nitrogens with one attached hydrogen (secondary N) is 1. The van der Waals surface area contributed by atoms with Gasteiger partial charge in [0, 0.05) is 6.42 Å².